The van der Waals surface area contributed by atoms with Crippen LogP contribution in [0.4, 0.5) is 10.2 Å². The van der Waals surface area contributed by atoms with E-state index in [0.29, 0.717) is 12.2 Å². The SMILES string of the molecule is CC(C)CC(Nc1nc(-c2ccco2)c2c(c1F)CNC2=O)C(N)=O. The molecule has 132 valence electrons. The Morgan fingerprint density at radius 2 is 2.28 bits per heavy atom. The van der Waals surface area contributed by atoms with Crippen LogP contribution < -0.4 is 16.4 Å². The van der Waals surface area contributed by atoms with Crippen LogP contribution in [0, 0.1) is 11.7 Å². The van der Waals surface area contributed by atoms with Gasteiger partial charge in [0.1, 0.15) is 11.7 Å². The van der Waals surface area contributed by atoms with E-state index in [1.807, 2.05) is 13.8 Å². The maximum atomic E-state index is 14.8. The highest BCUT2D eigenvalue weighted by molar-refractivity contribution is 6.03. The van der Waals surface area contributed by atoms with Gasteiger partial charge in [0.25, 0.3) is 5.91 Å². The highest BCUT2D eigenvalue weighted by atomic mass is 19.1. The minimum absolute atomic E-state index is 0.0519. The molecular weight excluding hydrogens is 327 g/mol. The average molecular weight is 346 g/mol. The first-order chi connectivity index (χ1) is 11.9. The first kappa shape index (κ1) is 16.9. The number of hydrogen-bond acceptors (Lipinski definition) is 5. The van der Waals surface area contributed by atoms with Crippen LogP contribution in [0.2, 0.25) is 0 Å². The lowest BCUT2D eigenvalue weighted by molar-refractivity contribution is -0.119. The van der Waals surface area contributed by atoms with Crippen molar-refractivity contribution in [1.29, 1.82) is 0 Å². The van der Waals surface area contributed by atoms with Crippen LogP contribution in [0.25, 0.3) is 11.5 Å². The van der Waals surface area contributed by atoms with E-state index in [-0.39, 0.29) is 35.1 Å². The third-order valence-electron chi connectivity index (χ3n) is 4.00. The number of furan rings is 1. The molecule has 25 heavy (non-hydrogen) atoms. The number of carbonyl (C=O) groups excluding carboxylic acids is 2. The topological polar surface area (TPSA) is 110 Å². The highest BCUT2D eigenvalue weighted by Gasteiger charge is 2.32. The van der Waals surface area contributed by atoms with Crippen molar-refractivity contribution in [3.8, 4) is 11.5 Å². The monoisotopic (exact) mass is 346 g/mol. The van der Waals surface area contributed by atoms with Gasteiger partial charge in [-0.05, 0) is 24.5 Å². The van der Waals surface area contributed by atoms with Gasteiger partial charge in [-0.3, -0.25) is 9.59 Å². The minimum atomic E-state index is -0.769. The van der Waals surface area contributed by atoms with Gasteiger partial charge in [-0.25, -0.2) is 9.37 Å². The van der Waals surface area contributed by atoms with E-state index in [2.05, 4.69) is 15.6 Å². The minimum Gasteiger partial charge on any atom is -0.463 e. The van der Waals surface area contributed by atoms with Gasteiger partial charge in [-0.15, -0.1) is 0 Å². The number of pyridine rings is 1. The fourth-order valence-corrected chi connectivity index (χ4v) is 2.85. The number of carbonyl (C=O) groups is 2. The maximum Gasteiger partial charge on any atom is 0.254 e. The molecule has 8 heteroatoms. The number of rotatable bonds is 6. The Morgan fingerprint density at radius 1 is 1.52 bits per heavy atom. The number of hydrogen-bond donors (Lipinski definition) is 3. The van der Waals surface area contributed by atoms with Gasteiger partial charge in [0, 0.05) is 12.1 Å². The quantitative estimate of drug-likeness (QED) is 0.741. The van der Waals surface area contributed by atoms with Crippen molar-refractivity contribution in [1.82, 2.24) is 10.3 Å². The Kier molecular flexibility index (Phi) is 4.43. The standard InChI is InChI=1S/C17H19FN4O3/c1-8(2)6-10(15(19)23)21-16-13(18)9-7-20-17(24)12(9)14(22-16)11-4-3-5-25-11/h3-5,8,10H,6-7H2,1-2H3,(H2,19,23)(H,20,24)(H,21,22). The summed E-state index contributed by atoms with van der Waals surface area (Å²) in [4.78, 5) is 28.0. The van der Waals surface area contributed by atoms with E-state index in [0.717, 1.165) is 0 Å². The molecular formula is C17H19FN4O3. The van der Waals surface area contributed by atoms with Crippen molar-refractivity contribution < 1.29 is 18.4 Å². The molecule has 0 bridgehead atoms. The summed E-state index contributed by atoms with van der Waals surface area (Å²) in [5.74, 6) is -1.27. The number of aromatic nitrogens is 1. The summed E-state index contributed by atoms with van der Waals surface area (Å²) in [6.45, 7) is 3.91. The normalized spacial score (nSPS) is 14.3. The molecule has 2 aromatic rings. The van der Waals surface area contributed by atoms with E-state index in [4.69, 9.17) is 10.2 Å². The number of primary amides is 1. The third kappa shape index (κ3) is 3.19. The summed E-state index contributed by atoms with van der Waals surface area (Å²) >= 11 is 0. The zero-order chi connectivity index (χ0) is 18.1. The van der Waals surface area contributed by atoms with Crippen molar-refractivity contribution in [2.45, 2.75) is 32.9 Å². The molecule has 0 saturated carbocycles. The zero-order valence-corrected chi connectivity index (χ0v) is 13.9. The summed E-state index contributed by atoms with van der Waals surface area (Å²) in [6.07, 6.45) is 1.87. The lowest BCUT2D eigenvalue weighted by atomic mass is 10.0. The van der Waals surface area contributed by atoms with Gasteiger partial charge in [-0.1, -0.05) is 13.8 Å². The van der Waals surface area contributed by atoms with Crippen LogP contribution in [0.1, 0.15) is 36.2 Å². The van der Waals surface area contributed by atoms with Gasteiger partial charge in [0.05, 0.1) is 11.8 Å². The van der Waals surface area contributed by atoms with Crippen LogP contribution in [0.5, 0.6) is 0 Å². The number of nitrogens with one attached hydrogen (secondary N) is 2. The molecule has 0 radical (unpaired) electrons. The molecule has 0 fully saturated rings. The predicted octanol–water partition coefficient (Wildman–Crippen LogP) is 2.04. The van der Waals surface area contributed by atoms with Gasteiger partial charge in [0.2, 0.25) is 5.91 Å². The second-order valence-corrected chi connectivity index (χ2v) is 6.37. The highest BCUT2D eigenvalue weighted by Crippen LogP contribution is 2.33. The summed E-state index contributed by atoms with van der Waals surface area (Å²) in [5.41, 5.74) is 5.99. The Bertz CT molecular complexity index is 818. The molecule has 3 rings (SSSR count). The first-order valence-electron chi connectivity index (χ1n) is 7.98. The summed E-state index contributed by atoms with van der Waals surface area (Å²) in [6, 6.07) is 2.52. The Balaban J connectivity index is 2.07. The molecule has 3 heterocycles. The molecule has 1 unspecified atom stereocenters. The zero-order valence-electron chi connectivity index (χ0n) is 13.9. The van der Waals surface area contributed by atoms with Gasteiger partial charge in [-0.2, -0.15) is 0 Å². The number of amides is 2. The molecule has 1 atom stereocenters. The van der Waals surface area contributed by atoms with Crippen molar-refractivity contribution in [2.24, 2.45) is 11.7 Å². The molecule has 7 nitrogen and oxygen atoms in total. The molecule has 0 aliphatic carbocycles. The van der Waals surface area contributed by atoms with Crippen LogP contribution >= 0.6 is 0 Å². The van der Waals surface area contributed by atoms with Crippen molar-refractivity contribution in [3.05, 3.63) is 35.3 Å². The van der Waals surface area contributed by atoms with Gasteiger partial charge in [0.15, 0.2) is 17.4 Å². The van der Waals surface area contributed by atoms with Crippen molar-refractivity contribution in [2.75, 3.05) is 5.32 Å². The molecule has 0 spiro atoms. The van der Waals surface area contributed by atoms with Crippen LogP contribution in [0.15, 0.2) is 22.8 Å². The maximum absolute atomic E-state index is 14.8. The number of nitrogens with zero attached hydrogens (tertiary/aromatic N) is 1. The fraction of sp³-hybridized carbons (Fsp3) is 0.353. The number of anilines is 1. The number of fused-ring (bicyclic) bond motifs is 1. The lowest BCUT2D eigenvalue weighted by Gasteiger charge is -2.19. The second kappa shape index (κ2) is 6.54. The smallest absolute Gasteiger partial charge is 0.254 e. The summed E-state index contributed by atoms with van der Waals surface area (Å²) < 4.78 is 20.2. The predicted molar refractivity (Wildman–Crippen MR) is 89.1 cm³/mol. The van der Waals surface area contributed by atoms with Crippen LogP contribution in [-0.2, 0) is 11.3 Å². The molecule has 0 saturated heterocycles. The van der Waals surface area contributed by atoms with Gasteiger partial charge >= 0.3 is 0 Å². The van der Waals surface area contributed by atoms with E-state index in [1.54, 1.807) is 12.1 Å². The first-order valence-corrected chi connectivity index (χ1v) is 7.98. The van der Waals surface area contributed by atoms with Crippen LogP contribution in [-0.4, -0.2) is 22.8 Å². The lowest BCUT2D eigenvalue weighted by Crippen LogP contribution is -2.37. The van der Waals surface area contributed by atoms with Crippen LogP contribution in [0.3, 0.4) is 0 Å². The average Bonchev–Trinajstić information content (AvgIpc) is 3.19. The second-order valence-electron chi connectivity index (χ2n) is 6.37. The van der Waals surface area contributed by atoms with E-state index < -0.39 is 23.7 Å². The Morgan fingerprint density at radius 3 is 2.88 bits per heavy atom. The molecule has 1 aliphatic rings. The largest absolute Gasteiger partial charge is 0.463 e. The third-order valence-corrected chi connectivity index (χ3v) is 4.00. The van der Waals surface area contributed by atoms with E-state index in [1.165, 1.54) is 6.26 Å². The van der Waals surface area contributed by atoms with Gasteiger partial charge < -0.3 is 20.8 Å². The Labute approximate surface area is 143 Å². The van der Waals surface area contributed by atoms with Crippen molar-refractivity contribution >= 4 is 17.6 Å². The number of nitrogens with two attached hydrogens (primary N) is 1. The fourth-order valence-electron chi connectivity index (χ4n) is 2.85. The molecule has 0 aromatic carbocycles. The summed E-state index contributed by atoms with van der Waals surface area (Å²) in [5, 5.41) is 5.37. The molecule has 2 aromatic heterocycles. The van der Waals surface area contributed by atoms with Crippen molar-refractivity contribution in [3.63, 3.8) is 0 Å². The van der Waals surface area contributed by atoms with E-state index >= 15 is 0 Å². The van der Waals surface area contributed by atoms with E-state index in [9.17, 15) is 14.0 Å². The molecule has 2 amide bonds. The molecule has 4 N–H and O–H groups in total. The summed E-state index contributed by atoms with van der Waals surface area (Å²) in [7, 11) is 0. The molecule has 1 aliphatic heterocycles. The number of halogens is 1. The Hall–Kier alpha value is -2.90.